The van der Waals surface area contributed by atoms with Crippen molar-refractivity contribution in [2.45, 2.75) is 6.61 Å². The maximum absolute atomic E-state index is 13.7. The molecule has 0 saturated heterocycles. The summed E-state index contributed by atoms with van der Waals surface area (Å²) in [5.74, 6) is -1.26. The second kappa shape index (κ2) is 7.15. The maximum Gasteiger partial charge on any atom is 0.344 e. The average Bonchev–Trinajstić information content (AvgIpc) is 2.72. The van der Waals surface area contributed by atoms with E-state index in [1.165, 1.54) is 19.2 Å². The summed E-state index contributed by atoms with van der Waals surface area (Å²) in [6.45, 7) is -0.0427. The highest BCUT2D eigenvalue weighted by Crippen LogP contribution is 2.24. The van der Waals surface area contributed by atoms with E-state index in [4.69, 9.17) is 13.9 Å². The van der Waals surface area contributed by atoms with Gasteiger partial charge in [-0.15, -0.1) is 0 Å². The third-order valence-corrected chi connectivity index (χ3v) is 4.44. The Kier molecular flexibility index (Phi) is 4.53. The van der Waals surface area contributed by atoms with Gasteiger partial charge in [-0.25, -0.2) is 14.0 Å². The molecule has 1 heterocycles. The molecule has 3 aromatic carbocycles. The second-order valence-electron chi connectivity index (χ2n) is 6.19. The number of fused-ring (bicyclic) bond motifs is 3. The molecule has 5 nitrogen and oxygen atoms in total. The molecule has 140 valence electrons. The highest BCUT2D eigenvalue weighted by Gasteiger charge is 2.13. The molecular weight excluding hydrogens is 363 g/mol. The van der Waals surface area contributed by atoms with Crippen LogP contribution in [0.3, 0.4) is 0 Å². The molecule has 0 radical (unpaired) electrons. The van der Waals surface area contributed by atoms with Gasteiger partial charge in [0.1, 0.15) is 12.2 Å². The monoisotopic (exact) mass is 378 g/mol. The zero-order chi connectivity index (χ0) is 19.7. The van der Waals surface area contributed by atoms with Gasteiger partial charge in [-0.1, -0.05) is 30.3 Å². The normalized spacial score (nSPS) is 10.9. The van der Waals surface area contributed by atoms with Crippen LogP contribution in [0.2, 0.25) is 0 Å². The second-order valence-corrected chi connectivity index (χ2v) is 6.19. The Bertz CT molecular complexity index is 1260. The third-order valence-electron chi connectivity index (χ3n) is 4.44. The Labute approximate surface area is 158 Å². The molecule has 0 N–H and O–H groups in total. The van der Waals surface area contributed by atoms with Crippen molar-refractivity contribution in [1.82, 2.24) is 0 Å². The fraction of sp³-hybridized carbons (Fsp3) is 0.0909. The highest BCUT2D eigenvalue weighted by atomic mass is 19.1. The summed E-state index contributed by atoms with van der Waals surface area (Å²) in [5, 5.41) is 2.10. The van der Waals surface area contributed by atoms with E-state index in [-0.39, 0.29) is 17.9 Å². The minimum Gasteiger partial charge on any atom is -0.494 e. The van der Waals surface area contributed by atoms with Crippen LogP contribution in [0.5, 0.6) is 5.75 Å². The minimum atomic E-state index is -0.665. The number of carbonyl (C=O) groups is 1. The lowest BCUT2D eigenvalue weighted by molar-refractivity contribution is 0.0472. The van der Waals surface area contributed by atoms with Crippen LogP contribution in [-0.2, 0) is 11.3 Å². The summed E-state index contributed by atoms with van der Waals surface area (Å²) in [4.78, 5) is 24.3. The van der Waals surface area contributed by atoms with E-state index in [9.17, 15) is 14.0 Å². The van der Waals surface area contributed by atoms with Crippen LogP contribution < -0.4 is 10.4 Å². The average molecular weight is 378 g/mol. The largest absolute Gasteiger partial charge is 0.494 e. The number of rotatable bonds is 4. The van der Waals surface area contributed by atoms with Gasteiger partial charge in [0.2, 0.25) is 0 Å². The molecular formula is C22H15FO5. The molecule has 0 fully saturated rings. The number of hydrogen-bond donors (Lipinski definition) is 0. The van der Waals surface area contributed by atoms with Crippen LogP contribution in [0.15, 0.2) is 69.9 Å². The third kappa shape index (κ3) is 3.20. The Hall–Kier alpha value is -3.67. The summed E-state index contributed by atoms with van der Waals surface area (Å²) in [6, 6.07) is 16.3. The van der Waals surface area contributed by atoms with Gasteiger partial charge >= 0.3 is 11.6 Å². The van der Waals surface area contributed by atoms with E-state index >= 15 is 0 Å². The van der Waals surface area contributed by atoms with E-state index in [0.717, 1.165) is 16.8 Å². The number of ether oxygens (including phenoxy) is 2. The topological polar surface area (TPSA) is 65.7 Å². The molecule has 0 unspecified atom stereocenters. The summed E-state index contributed by atoms with van der Waals surface area (Å²) < 4.78 is 29.2. The molecule has 0 aliphatic heterocycles. The van der Waals surface area contributed by atoms with Gasteiger partial charge in [-0.3, -0.25) is 0 Å². The fourth-order valence-corrected chi connectivity index (χ4v) is 3.04. The zero-order valence-corrected chi connectivity index (χ0v) is 14.9. The van der Waals surface area contributed by atoms with Crippen molar-refractivity contribution >= 4 is 27.7 Å². The molecule has 0 aliphatic rings. The first kappa shape index (κ1) is 17.7. The minimum absolute atomic E-state index is 0.0427. The molecule has 0 saturated carbocycles. The van der Waals surface area contributed by atoms with E-state index in [1.54, 1.807) is 24.3 Å². The first-order valence-corrected chi connectivity index (χ1v) is 8.52. The Morgan fingerprint density at radius 2 is 1.79 bits per heavy atom. The number of benzene rings is 3. The molecule has 4 aromatic rings. The molecule has 1 aromatic heterocycles. The number of esters is 1. The lowest BCUT2D eigenvalue weighted by atomic mass is 10.1. The van der Waals surface area contributed by atoms with Crippen LogP contribution in [0.4, 0.5) is 4.39 Å². The number of halogens is 1. The Balaban J connectivity index is 1.58. The van der Waals surface area contributed by atoms with Crippen LogP contribution in [0.1, 0.15) is 15.9 Å². The molecule has 0 spiro atoms. The van der Waals surface area contributed by atoms with Gasteiger partial charge in [0, 0.05) is 5.39 Å². The van der Waals surface area contributed by atoms with Crippen molar-refractivity contribution in [1.29, 1.82) is 0 Å². The van der Waals surface area contributed by atoms with Crippen molar-refractivity contribution in [2.24, 2.45) is 0 Å². The fourth-order valence-electron chi connectivity index (χ4n) is 3.04. The van der Waals surface area contributed by atoms with Crippen LogP contribution in [0, 0.1) is 5.82 Å². The zero-order valence-electron chi connectivity index (χ0n) is 14.9. The van der Waals surface area contributed by atoms with Crippen LogP contribution in [-0.4, -0.2) is 13.1 Å². The number of methoxy groups -OCH3 is 1. The van der Waals surface area contributed by atoms with Crippen molar-refractivity contribution in [3.8, 4) is 5.75 Å². The first-order valence-electron chi connectivity index (χ1n) is 8.52. The first-order chi connectivity index (χ1) is 13.6. The van der Waals surface area contributed by atoms with E-state index in [1.807, 2.05) is 18.2 Å². The highest BCUT2D eigenvalue weighted by molar-refractivity contribution is 6.04. The van der Waals surface area contributed by atoms with Crippen molar-refractivity contribution in [3.05, 3.63) is 88.0 Å². The van der Waals surface area contributed by atoms with Crippen molar-refractivity contribution in [3.63, 3.8) is 0 Å². The quantitative estimate of drug-likeness (QED) is 0.298. The lowest BCUT2D eigenvalue weighted by Gasteiger charge is -2.08. The summed E-state index contributed by atoms with van der Waals surface area (Å²) in [7, 11) is 1.34. The SMILES string of the molecule is COc1ccc(C(=O)OCc2ccc3c(c2)oc(=O)c2ccccc23)cc1F. The maximum atomic E-state index is 13.7. The van der Waals surface area contributed by atoms with Gasteiger partial charge in [-0.05, 0) is 41.3 Å². The summed E-state index contributed by atoms with van der Waals surface area (Å²) in [6.07, 6.45) is 0. The number of hydrogen-bond acceptors (Lipinski definition) is 5. The van der Waals surface area contributed by atoms with Crippen LogP contribution >= 0.6 is 0 Å². The Morgan fingerprint density at radius 1 is 1.00 bits per heavy atom. The predicted molar refractivity (Wildman–Crippen MR) is 102 cm³/mol. The Morgan fingerprint density at radius 3 is 2.54 bits per heavy atom. The van der Waals surface area contributed by atoms with E-state index in [2.05, 4.69) is 0 Å². The molecule has 28 heavy (non-hydrogen) atoms. The van der Waals surface area contributed by atoms with E-state index < -0.39 is 17.4 Å². The number of carbonyl (C=O) groups excluding carboxylic acids is 1. The van der Waals surface area contributed by atoms with Gasteiger partial charge < -0.3 is 13.9 Å². The standard InChI is InChI=1S/C22H15FO5/c1-26-19-9-7-14(11-18(19)23)21(24)27-12-13-6-8-16-15-4-2-3-5-17(15)22(25)28-20(16)10-13/h2-11H,12H2,1H3. The molecule has 6 heteroatoms. The van der Waals surface area contributed by atoms with Gasteiger partial charge in [-0.2, -0.15) is 0 Å². The summed E-state index contributed by atoms with van der Waals surface area (Å²) in [5.41, 5.74) is 0.712. The van der Waals surface area contributed by atoms with Crippen molar-refractivity contribution < 1.29 is 23.1 Å². The van der Waals surface area contributed by atoms with Gasteiger partial charge in [0.15, 0.2) is 11.6 Å². The molecule has 0 aliphatic carbocycles. The lowest BCUT2D eigenvalue weighted by Crippen LogP contribution is -2.06. The summed E-state index contributed by atoms with van der Waals surface area (Å²) >= 11 is 0. The molecule has 0 atom stereocenters. The van der Waals surface area contributed by atoms with Crippen LogP contribution in [0.25, 0.3) is 21.7 Å². The molecule has 4 rings (SSSR count). The molecule has 0 amide bonds. The predicted octanol–water partition coefficient (Wildman–Crippen LogP) is 4.45. The van der Waals surface area contributed by atoms with Gasteiger partial charge in [0.25, 0.3) is 0 Å². The smallest absolute Gasteiger partial charge is 0.344 e. The van der Waals surface area contributed by atoms with Gasteiger partial charge in [0.05, 0.1) is 18.1 Å². The van der Waals surface area contributed by atoms with E-state index in [0.29, 0.717) is 16.5 Å². The molecule has 0 bridgehead atoms. The van der Waals surface area contributed by atoms with Crippen molar-refractivity contribution in [2.75, 3.05) is 7.11 Å².